The zero-order valence-electron chi connectivity index (χ0n) is 23.1. The summed E-state index contributed by atoms with van der Waals surface area (Å²) in [5.74, 6) is 2.87. The number of nitrogens with one attached hydrogen (secondary N) is 1. The third-order valence-corrected chi connectivity index (χ3v) is 8.45. The average Bonchev–Trinajstić information content (AvgIpc) is 3.42. The van der Waals surface area contributed by atoms with Gasteiger partial charge in [-0.1, -0.05) is 11.6 Å². The molecular formula is C30H36ClN7O2. The van der Waals surface area contributed by atoms with Gasteiger partial charge < -0.3 is 24.1 Å². The van der Waals surface area contributed by atoms with Crippen molar-refractivity contribution in [3.63, 3.8) is 0 Å². The van der Waals surface area contributed by atoms with Gasteiger partial charge >= 0.3 is 0 Å². The van der Waals surface area contributed by atoms with E-state index in [-0.39, 0.29) is 0 Å². The number of hydrogen-bond acceptors (Lipinski definition) is 8. The Kier molecular flexibility index (Phi) is 7.93. The number of imidazole rings is 1. The van der Waals surface area contributed by atoms with E-state index < -0.39 is 0 Å². The summed E-state index contributed by atoms with van der Waals surface area (Å²) >= 11 is 6.40. The monoisotopic (exact) mass is 561 g/mol. The highest BCUT2D eigenvalue weighted by Gasteiger charge is 2.25. The lowest BCUT2D eigenvalue weighted by molar-refractivity contribution is 0.188. The number of hydrogen-bond donors (Lipinski definition) is 1. The van der Waals surface area contributed by atoms with E-state index in [0.29, 0.717) is 22.6 Å². The summed E-state index contributed by atoms with van der Waals surface area (Å²) in [7, 11) is 3.23. The summed E-state index contributed by atoms with van der Waals surface area (Å²) in [6.07, 6.45) is 12.6. The molecule has 0 radical (unpaired) electrons. The molecule has 0 atom stereocenters. The first-order chi connectivity index (χ1) is 19.6. The molecule has 1 saturated carbocycles. The van der Waals surface area contributed by atoms with Crippen LogP contribution in [0.1, 0.15) is 25.7 Å². The van der Waals surface area contributed by atoms with Crippen molar-refractivity contribution in [2.24, 2.45) is 5.92 Å². The molecular weight excluding hydrogens is 526 g/mol. The molecule has 2 fully saturated rings. The lowest BCUT2D eigenvalue weighted by Crippen LogP contribution is -2.48. The largest absolute Gasteiger partial charge is 0.496 e. The molecule has 0 amide bonds. The highest BCUT2D eigenvalue weighted by Crippen LogP contribution is 2.38. The molecule has 210 valence electrons. The first-order valence-corrected chi connectivity index (χ1v) is 14.4. The Morgan fingerprint density at radius 2 is 1.70 bits per heavy atom. The Morgan fingerprint density at radius 3 is 2.42 bits per heavy atom. The second-order valence-electron chi connectivity index (χ2n) is 10.7. The van der Waals surface area contributed by atoms with Crippen LogP contribution in [0.2, 0.25) is 5.02 Å². The molecule has 2 aliphatic rings. The molecule has 1 N–H and O–H groups in total. The molecule has 40 heavy (non-hydrogen) atoms. The first kappa shape index (κ1) is 26.7. The topological polar surface area (TPSA) is 80.0 Å². The smallest absolute Gasteiger partial charge is 0.225 e. The molecule has 0 spiro atoms. The maximum absolute atomic E-state index is 6.40. The summed E-state index contributed by atoms with van der Waals surface area (Å²) in [6.45, 7) is 5.35. The number of benzene rings is 1. The van der Waals surface area contributed by atoms with Crippen molar-refractivity contribution < 1.29 is 9.47 Å². The molecule has 1 aliphatic heterocycles. The zero-order valence-corrected chi connectivity index (χ0v) is 23.8. The van der Waals surface area contributed by atoms with E-state index in [9.17, 15) is 0 Å². The molecule has 1 saturated heterocycles. The quantitative estimate of drug-likeness (QED) is 0.312. The molecule has 1 aromatic carbocycles. The van der Waals surface area contributed by atoms with Crippen LogP contribution in [-0.4, -0.2) is 77.2 Å². The second kappa shape index (κ2) is 11.9. The number of methoxy groups -OCH3 is 2. The van der Waals surface area contributed by atoms with Crippen molar-refractivity contribution in [2.75, 3.05) is 57.2 Å². The highest BCUT2D eigenvalue weighted by molar-refractivity contribution is 6.32. The Bertz CT molecular complexity index is 1430. The average molecular weight is 562 g/mol. The molecule has 4 aromatic rings. The lowest BCUT2D eigenvalue weighted by Gasteiger charge is -2.38. The standard InChI is InChI=1S/C30H36ClN7O2/c1-39-27-18-28(40-2)25(31)17-24(27)26-20-38-11-8-23(16-29(38)35-26)34-22-6-4-21(5-7-22)19-36-12-14-37(15-13-36)30-32-9-3-10-33-30/h3,8-11,16-18,20-22,34H,4-7,12-15,19H2,1-2H3. The highest BCUT2D eigenvalue weighted by atomic mass is 35.5. The number of anilines is 2. The predicted molar refractivity (Wildman–Crippen MR) is 159 cm³/mol. The van der Waals surface area contributed by atoms with Gasteiger partial charge in [0.2, 0.25) is 5.95 Å². The van der Waals surface area contributed by atoms with Gasteiger partial charge in [-0.25, -0.2) is 15.0 Å². The Balaban J connectivity index is 1.03. The molecule has 1 aliphatic carbocycles. The number of pyridine rings is 1. The van der Waals surface area contributed by atoms with E-state index in [1.165, 1.54) is 32.2 Å². The number of nitrogens with zero attached hydrogens (tertiary/aromatic N) is 6. The maximum atomic E-state index is 6.40. The molecule has 4 heterocycles. The number of aromatic nitrogens is 4. The number of piperazine rings is 1. The molecule has 10 heteroatoms. The maximum Gasteiger partial charge on any atom is 0.225 e. The fourth-order valence-corrected chi connectivity index (χ4v) is 6.18. The predicted octanol–water partition coefficient (Wildman–Crippen LogP) is 5.25. The summed E-state index contributed by atoms with van der Waals surface area (Å²) in [5, 5.41) is 4.29. The summed E-state index contributed by atoms with van der Waals surface area (Å²) in [5.41, 5.74) is 3.62. The number of rotatable bonds is 8. The van der Waals surface area contributed by atoms with Crippen LogP contribution in [0.15, 0.2) is 55.1 Å². The van der Waals surface area contributed by atoms with Gasteiger partial charge in [-0.2, -0.15) is 0 Å². The van der Waals surface area contributed by atoms with E-state index >= 15 is 0 Å². The first-order valence-electron chi connectivity index (χ1n) is 14.0. The Hall–Kier alpha value is -3.56. The van der Waals surface area contributed by atoms with Crippen LogP contribution in [-0.2, 0) is 0 Å². The van der Waals surface area contributed by atoms with Gasteiger partial charge in [0.05, 0.1) is 24.9 Å². The summed E-state index contributed by atoms with van der Waals surface area (Å²) in [6, 6.07) is 10.2. The van der Waals surface area contributed by atoms with E-state index in [2.05, 4.69) is 43.4 Å². The van der Waals surface area contributed by atoms with Crippen LogP contribution in [0.5, 0.6) is 11.5 Å². The van der Waals surface area contributed by atoms with E-state index in [0.717, 1.165) is 60.6 Å². The van der Waals surface area contributed by atoms with Gasteiger partial charge in [-0.05, 0) is 49.8 Å². The minimum Gasteiger partial charge on any atom is -0.496 e. The van der Waals surface area contributed by atoms with Crippen molar-refractivity contribution >= 4 is 28.9 Å². The number of halogens is 1. The minimum atomic E-state index is 0.487. The SMILES string of the molecule is COc1cc(OC)c(-c2cn3ccc(NC4CCC(CN5CCN(c6ncccn6)CC5)CC4)cc3n2)cc1Cl. The fraction of sp³-hybridized carbons (Fsp3) is 0.433. The molecule has 9 nitrogen and oxygen atoms in total. The summed E-state index contributed by atoms with van der Waals surface area (Å²) < 4.78 is 12.9. The van der Waals surface area contributed by atoms with E-state index in [1.54, 1.807) is 20.3 Å². The third-order valence-electron chi connectivity index (χ3n) is 8.15. The van der Waals surface area contributed by atoms with Crippen molar-refractivity contribution in [1.29, 1.82) is 0 Å². The Labute approximate surface area is 240 Å². The minimum absolute atomic E-state index is 0.487. The van der Waals surface area contributed by atoms with Gasteiger partial charge in [0.1, 0.15) is 17.1 Å². The van der Waals surface area contributed by atoms with Gasteiger partial charge in [-0.3, -0.25) is 4.90 Å². The van der Waals surface area contributed by atoms with Gasteiger partial charge in [0, 0.05) is 86.9 Å². The fourth-order valence-electron chi connectivity index (χ4n) is 5.94. The van der Waals surface area contributed by atoms with Crippen molar-refractivity contribution in [2.45, 2.75) is 31.7 Å². The van der Waals surface area contributed by atoms with Crippen LogP contribution in [0.3, 0.4) is 0 Å². The van der Waals surface area contributed by atoms with E-state index in [1.807, 2.05) is 35.1 Å². The molecule has 0 unspecified atom stereocenters. The molecule has 0 bridgehead atoms. The van der Waals surface area contributed by atoms with Crippen LogP contribution in [0, 0.1) is 5.92 Å². The summed E-state index contributed by atoms with van der Waals surface area (Å²) in [4.78, 5) is 18.6. The van der Waals surface area contributed by atoms with Crippen molar-refractivity contribution in [1.82, 2.24) is 24.3 Å². The van der Waals surface area contributed by atoms with Crippen LogP contribution < -0.4 is 19.7 Å². The number of fused-ring (bicyclic) bond motifs is 1. The van der Waals surface area contributed by atoms with Crippen LogP contribution in [0.25, 0.3) is 16.9 Å². The second-order valence-corrected chi connectivity index (χ2v) is 11.1. The molecule has 6 rings (SSSR count). The van der Waals surface area contributed by atoms with Crippen LogP contribution >= 0.6 is 11.6 Å². The third kappa shape index (κ3) is 5.81. The van der Waals surface area contributed by atoms with Gasteiger partial charge in [-0.15, -0.1) is 0 Å². The van der Waals surface area contributed by atoms with Crippen LogP contribution in [0.4, 0.5) is 11.6 Å². The Morgan fingerprint density at radius 1 is 0.950 bits per heavy atom. The lowest BCUT2D eigenvalue weighted by atomic mass is 9.85. The normalized spacial score (nSPS) is 20.0. The number of ether oxygens (including phenoxy) is 2. The van der Waals surface area contributed by atoms with Gasteiger partial charge in [0.25, 0.3) is 0 Å². The van der Waals surface area contributed by atoms with Gasteiger partial charge in [0.15, 0.2) is 0 Å². The van der Waals surface area contributed by atoms with Crippen molar-refractivity contribution in [3.8, 4) is 22.8 Å². The van der Waals surface area contributed by atoms with E-state index in [4.69, 9.17) is 26.1 Å². The van der Waals surface area contributed by atoms with Crippen molar-refractivity contribution in [3.05, 3.63) is 60.1 Å². The zero-order chi connectivity index (χ0) is 27.5. The molecule has 3 aromatic heterocycles.